The highest BCUT2D eigenvalue weighted by atomic mass is 32.2. The van der Waals surface area contributed by atoms with Gasteiger partial charge in [0, 0.05) is 13.7 Å². The summed E-state index contributed by atoms with van der Waals surface area (Å²) in [6.07, 6.45) is 2.13. The monoisotopic (exact) mass is 251 g/mol. The van der Waals surface area contributed by atoms with Gasteiger partial charge in [0.15, 0.2) is 0 Å². The average Bonchev–Trinajstić information content (AvgIpc) is 2.17. The van der Waals surface area contributed by atoms with E-state index in [-0.39, 0.29) is 16.9 Å². The fraction of sp³-hybridized carbons (Fsp3) is 1.00. The van der Waals surface area contributed by atoms with Crippen LogP contribution in [0, 0.1) is 5.41 Å². The third-order valence-electron chi connectivity index (χ3n) is 2.67. The van der Waals surface area contributed by atoms with Gasteiger partial charge in [-0.25, -0.2) is 8.42 Å². The van der Waals surface area contributed by atoms with E-state index in [0.717, 1.165) is 6.42 Å². The molecule has 0 aromatic heterocycles. The fourth-order valence-corrected chi connectivity index (χ4v) is 2.74. The van der Waals surface area contributed by atoms with Crippen LogP contribution in [0.1, 0.15) is 33.1 Å². The van der Waals surface area contributed by atoms with Gasteiger partial charge in [-0.2, -0.15) is 0 Å². The summed E-state index contributed by atoms with van der Waals surface area (Å²) in [6, 6.07) is 0. The van der Waals surface area contributed by atoms with Crippen molar-refractivity contribution in [2.75, 3.05) is 31.8 Å². The highest BCUT2D eigenvalue weighted by molar-refractivity contribution is 7.91. The van der Waals surface area contributed by atoms with Crippen LogP contribution in [-0.4, -0.2) is 40.2 Å². The molecule has 0 aliphatic carbocycles. The molecule has 98 valence electrons. The number of sulfone groups is 1. The number of methoxy groups -OCH3 is 1. The summed E-state index contributed by atoms with van der Waals surface area (Å²) >= 11 is 0. The Morgan fingerprint density at radius 1 is 1.19 bits per heavy atom. The summed E-state index contributed by atoms with van der Waals surface area (Å²) in [6.45, 7) is 5.22. The first-order valence-electron chi connectivity index (χ1n) is 5.72. The standard InChI is InChI=1S/C11H25NO3S/c1-11(2,10-12)6-4-8-16(13,14)9-5-7-15-3/h4-10,12H2,1-3H3. The molecule has 0 bridgehead atoms. The Morgan fingerprint density at radius 3 is 2.25 bits per heavy atom. The molecule has 0 spiro atoms. The number of hydrogen-bond donors (Lipinski definition) is 1. The summed E-state index contributed by atoms with van der Waals surface area (Å²) in [7, 11) is -1.33. The molecule has 16 heavy (non-hydrogen) atoms. The van der Waals surface area contributed by atoms with Crippen LogP contribution in [0.15, 0.2) is 0 Å². The molecule has 0 unspecified atom stereocenters. The minimum atomic E-state index is -2.91. The highest BCUT2D eigenvalue weighted by Gasteiger charge is 2.17. The first kappa shape index (κ1) is 15.9. The Bertz CT molecular complexity index is 273. The van der Waals surface area contributed by atoms with Crippen LogP contribution in [0.3, 0.4) is 0 Å². The van der Waals surface area contributed by atoms with Crippen molar-refractivity contribution in [1.29, 1.82) is 0 Å². The van der Waals surface area contributed by atoms with Gasteiger partial charge in [0.2, 0.25) is 0 Å². The van der Waals surface area contributed by atoms with Gasteiger partial charge >= 0.3 is 0 Å². The van der Waals surface area contributed by atoms with Gasteiger partial charge in [0.05, 0.1) is 11.5 Å². The van der Waals surface area contributed by atoms with Crippen LogP contribution >= 0.6 is 0 Å². The largest absolute Gasteiger partial charge is 0.385 e. The van der Waals surface area contributed by atoms with Gasteiger partial charge in [-0.15, -0.1) is 0 Å². The van der Waals surface area contributed by atoms with Gasteiger partial charge in [0.25, 0.3) is 0 Å². The first-order valence-corrected chi connectivity index (χ1v) is 7.54. The zero-order valence-electron chi connectivity index (χ0n) is 10.7. The van der Waals surface area contributed by atoms with Crippen LogP contribution in [0.4, 0.5) is 0 Å². The Morgan fingerprint density at radius 2 is 1.75 bits per heavy atom. The van der Waals surface area contributed by atoms with Crippen LogP contribution in [0.25, 0.3) is 0 Å². The molecule has 0 atom stereocenters. The second kappa shape index (κ2) is 7.25. The van der Waals surface area contributed by atoms with Crippen molar-refractivity contribution in [3.8, 4) is 0 Å². The molecule has 0 saturated carbocycles. The molecule has 2 N–H and O–H groups in total. The number of ether oxygens (including phenoxy) is 1. The summed E-state index contributed by atoms with van der Waals surface area (Å²) in [5, 5.41) is 0. The van der Waals surface area contributed by atoms with E-state index in [1.807, 2.05) is 0 Å². The maximum atomic E-state index is 11.6. The third-order valence-corrected chi connectivity index (χ3v) is 4.49. The molecule has 0 saturated heterocycles. The zero-order valence-corrected chi connectivity index (χ0v) is 11.5. The molecule has 5 heteroatoms. The summed E-state index contributed by atoms with van der Waals surface area (Å²) in [4.78, 5) is 0. The summed E-state index contributed by atoms with van der Waals surface area (Å²) in [5.41, 5.74) is 5.63. The van der Waals surface area contributed by atoms with Gasteiger partial charge in [-0.3, -0.25) is 0 Å². The van der Waals surface area contributed by atoms with E-state index in [9.17, 15) is 8.42 Å². The lowest BCUT2D eigenvalue weighted by atomic mass is 9.88. The van der Waals surface area contributed by atoms with Crippen molar-refractivity contribution in [3.63, 3.8) is 0 Å². The maximum absolute atomic E-state index is 11.6. The van der Waals surface area contributed by atoms with E-state index in [0.29, 0.717) is 26.0 Å². The number of nitrogens with two attached hydrogens (primary N) is 1. The van der Waals surface area contributed by atoms with E-state index in [4.69, 9.17) is 10.5 Å². The van der Waals surface area contributed by atoms with Crippen LogP contribution in [-0.2, 0) is 14.6 Å². The highest BCUT2D eigenvalue weighted by Crippen LogP contribution is 2.20. The van der Waals surface area contributed by atoms with Crippen molar-refractivity contribution in [1.82, 2.24) is 0 Å². The first-order chi connectivity index (χ1) is 7.33. The molecule has 0 rings (SSSR count). The molecule has 0 aliphatic rings. The maximum Gasteiger partial charge on any atom is 0.150 e. The van der Waals surface area contributed by atoms with Crippen LogP contribution in [0.5, 0.6) is 0 Å². The van der Waals surface area contributed by atoms with Gasteiger partial charge < -0.3 is 10.5 Å². The topological polar surface area (TPSA) is 69.4 Å². The minimum absolute atomic E-state index is 0.0437. The molecular formula is C11H25NO3S. The molecule has 0 fully saturated rings. The Hall–Kier alpha value is -0.130. The Balaban J connectivity index is 3.83. The summed E-state index contributed by atoms with van der Waals surface area (Å²) < 4.78 is 28.0. The zero-order chi connectivity index (χ0) is 12.7. The molecule has 4 nitrogen and oxygen atoms in total. The SMILES string of the molecule is COCCCS(=O)(=O)CCCC(C)(C)CN. The van der Waals surface area contributed by atoms with Crippen molar-refractivity contribution in [3.05, 3.63) is 0 Å². The fourth-order valence-electron chi connectivity index (χ4n) is 1.40. The van der Waals surface area contributed by atoms with E-state index < -0.39 is 9.84 Å². The van der Waals surface area contributed by atoms with E-state index in [1.165, 1.54) is 0 Å². The molecule has 0 amide bonds. The molecular weight excluding hydrogens is 226 g/mol. The quantitative estimate of drug-likeness (QED) is 0.625. The normalized spacial score (nSPS) is 13.0. The van der Waals surface area contributed by atoms with E-state index in [2.05, 4.69) is 13.8 Å². The predicted octanol–water partition coefficient (Wildman–Crippen LogP) is 1.20. The molecule has 0 aromatic rings. The lowest BCUT2D eigenvalue weighted by Gasteiger charge is -2.21. The lowest BCUT2D eigenvalue weighted by Crippen LogP contribution is -2.24. The van der Waals surface area contributed by atoms with Gasteiger partial charge in [-0.1, -0.05) is 13.8 Å². The molecule has 0 radical (unpaired) electrons. The van der Waals surface area contributed by atoms with Gasteiger partial charge in [-0.05, 0) is 31.2 Å². The smallest absolute Gasteiger partial charge is 0.150 e. The van der Waals surface area contributed by atoms with Crippen molar-refractivity contribution >= 4 is 9.84 Å². The number of hydrogen-bond acceptors (Lipinski definition) is 4. The van der Waals surface area contributed by atoms with E-state index >= 15 is 0 Å². The Kier molecular flexibility index (Phi) is 7.19. The molecule has 0 aliphatic heterocycles. The molecule has 0 aromatic carbocycles. The molecule has 0 heterocycles. The second-order valence-corrected chi connectivity index (χ2v) is 7.27. The van der Waals surface area contributed by atoms with E-state index in [1.54, 1.807) is 7.11 Å². The van der Waals surface area contributed by atoms with Gasteiger partial charge in [0.1, 0.15) is 9.84 Å². The second-order valence-electron chi connectivity index (χ2n) is 4.97. The third kappa shape index (κ3) is 8.07. The Labute approximate surface area is 99.5 Å². The van der Waals surface area contributed by atoms with Crippen molar-refractivity contribution in [2.45, 2.75) is 33.1 Å². The number of rotatable bonds is 9. The predicted molar refractivity (Wildman–Crippen MR) is 67.2 cm³/mol. The van der Waals surface area contributed by atoms with Crippen molar-refractivity contribution < 1.29 is 13.2 Å². The van der Waals surface area contributed by atoms with Crippen LogP contribution in [0.2, 0.25) is 0 Å². The van der Waals surface area contributed by atoms with Crippen LogP contribution < -0.4 is 5.73 Å². The average molecular weight is 251 g/mol. The minimum Gasteiger partial charge on any atom is -0.385 e. The van der Waals surface area contributed by atoms with Crippen molar-refractivity contribution in [2.24, 2.45) is 11.1 Å². The lowest BCUT2D eigenvalue weighted by molar-refractivity contribution is 0.199. The summed E-state index contributed by atoms with van der Waals surface area (Å²) in [5.74, 6) is 0.490.